The quantitative estimate of drug-likeness (QED) is 0.383. The Morgan fingerprint density at radius 1 is 1.06 bits per heavy atom. The summed E-state index contributed by atoms with van der Waals surface area (Å²) in [6, 6.07) is 16.9. The molecule has 6 nitrogen and oxygen atoms in total. The van der Waals surface area contributed by atoms with Crippen LogP contribution in [0.25, 0.3) is 5.13 Å². The minimum atomic E-state index is -4.40. The molecule has 4 aromatic rings. The fourth-order valence-corrected chi connectivity index (χ4v) is 4.19. The van der Waals surface area contributed by atoms with Crippen LogP contribution < -0.4 is 15.6 Å². The van der Waals surface area contributed by atoms with Gasteiger partial charge in [0.05, 0.1) is 11.3 Å². The number of pyridine rings is 1. The maximum atomic E-state index is 12.7. The molecule has 0 saturated heterocycles. The molecule has 0 saturated carbocycles. The van der Waals surface area contributed by atoms with E-state index in [9.17, 15) is 22.8 Å². The van der Waals surface area contributed by atoms with E-state index in [-0.39, 0.29) is 18.3 Å². The van der Waals surface area contributed by atoms with Gasteiger partial charge in [0.1, 0.15) is 17.2 Å². The number of halogens is 3. The summed E-state index contributed by atoms with van der Waals surface area (Å²) in [7, 11) is 0. The van der Waals surface area contributed by atoms with Gasteiger partial charge in [0, 0.05) is 18.8 Å². The highest BCUT2D eigenvalue weighted by Crippen LogP contribution is 2.29. The number of benzene rings is 2. The van der Waals surface area contributed by atoms with Crippen molar-refractivity contribution >= 4 is 17.2 Å². The lowest BCUT2D eigenvalue weighted by Crippen LogP contribution is -2.22. The van der Waals surface area contributed by atoms with Gasteiger partial charge in [-0.1, -0.05) is 53.8 Å². The van der Waals surface area contributed by atoms with Gasteiger partial charge in [-0.25, -0.2) is 4.98 Å². The number of hydrogen-bond donors (Lipinski definition) is 1. The molecule has 0 bridgehead atoms. The van der Waals surface area contributed by atoms with Crippen LogP contribution >= 0.6 is 11.3 Å². The molecule has 10 heteroatoms. The van der Waals surface area contributed by atoms with Crippen LogP contribution in [0.3, 0.4) is 0 Å². The number of carbonyl (C=O) groups is 1. The Morgan fingerprint density at radius 2 is 1.77 bits per heavy atom. The maximum absolute atomic E-state index is 12.7. The molecule has 0 aliphatic rings. The summed E-state index contributed by atoms with van der Waals surface area (Å²) in [5, 5.41) is 3.19. The fraction of sp³-hybridized carbons (Fsp3) is 0.160. The highest BCUT2D eigenvalue weighted by Gasteiger charge is 2.29. The predicted molar refractivity (Wildman–Crippen MR) is 126 cm³/mol. The lowest BCUT2D eigenvalue weighted by molar-refractivity contribution is -0.137. The van der Waals surface area contributed by atoms with E-state index in [4.69, 9.17) is 4.74 Å². The zero-order valence-corrected chi connectivity index (χ0v) is 19.3. The van der Waals surface area contributed by atoms with Crippen molar-refractivity contribution in [3.05, 3.63) is 111 Å². The molecule has 2 heterocycles. The van der Waals surface area contributed by atoms with Gasteiger partial charge in [-0.15, -0.1) is 0 Å². The van der Waals surface area contributed by atoms with Crippen molar-refractivity contribution in [2.24, 2.45) is 0 Å². The Labute approximate surface area is 202 Å². The number of amides is 1. The number of aromatic nitrogens is 2. The van der Waals surface area contributed by atoms with E-state index in [1.165, 1.54) is 29.0 Å². The van der Waals surface area contributed by atoms with Crippen molar-refractivity contribution in [3.63, 3.8) is 0 Å². The Balaban J connectivity index is 1.42. The molecule has 0 aliphatic heterocycles. The molecule has 4 rings (SSSR count). The third-order valence-electron chi connectivity index (χ3n) is 5.07. The second-order valence-corrected chi connectivity index (χ2v) is 8.61. The van der Waals surface area contributed by atoms with Crippen LogP contribution in [0.2, 0.25) is 0 Å². The zero-order valence-electron chi connectivity index (χ0n) is 18.5. The number of aryl methyl sites for hydroxylation is 1. The van der Waals surface area contributed by atoms with Crippen molar-refractivity contribution in [2.75, 3.05) is 0 Å². The van der Waals surface area contributed by atoms with Crippen molar-refractivity contribution < 1.29 is 22.7 Å². The number of rotatable bonds is 7. The average Bonchev–Trinajstić information content (AvgIpc) is 3.23. The molecule has 0 fully saturated rings. The molecular weight excluding hydrogens is 479 g/mol. The number of alkyl halides is 3. The third-order valence-corrected chi connectivity index (χ3v) is 6.23. The third kappa shape index (κ3) is 5.96. The summed E-state index contributed by atoms with van der Waals surface area (Å²) in [6.07, 6.45) is -2.92. The van der Waals surface area contributed by atoms with E-state index in [1.807, 2.05) is 30.3 Å². The SMILES string of the molecule is Cc1nc(-n2ccc(OCc3ccc(C(F)(F)F)cc3)cc2=O)sc1C(=O)NCc1ccccc1. The highest BCUT2D eigenvalue weighted by atomic mass is 32.1. The van der Waals surface area contributed by atoms with E-state index in [0.29, 0.717) is 27.8 Å². The van der Waals surface area contributed by atoms with Crippen molar-refractivity contribution in [1.29, 1.82) is 0 Å². The summed E-state index contributed by atoms with van der Waals surface area (Å²) in [5.41, 5.74) is 0.843. The normalized spacial score (nSPS) is 11.3. The molecule has 2 aromatic heterocycles. The Kier molecular flexibility index (Phi) is 7.02. The smallest absolute Gasteiger partial charge is 0.416 e. The van der Waals surface area contributed by atoms with Crippen LogP contribution in [0.4, 0.5) is 13.2 Å². The van der Waals surface area contributed by atoms with Gasteiger partial charge in [0.25, 0.3) is 11.5 Å². The lowest BCUT2D eigenvalue weighted by Gasteiger charge is -2.09. The van der Waals surface area contributed by atoms with E-state index < -0.39 is 17.3 Å². The highest BCUT2D eigenvalue weighted by molar-refractivity contribution is 7.16. The first kappa shape index (κ1) is 24.2. The van der Waals surface area contributed by atoms with Crippen molar-refractivity contribution in [1.82, 2.24) is 14.9 Å². The van der Waals surface area contributed by atoms with Gasteiger partial charge < -0.3 is 10.1 Å². The number of carbonyl (C=O) groups excluding carboxylic acids is 1. The van der Waals surface area contributed by atoms with E-state index >= 15 is 0 Å². The first-order valence-electron chi connectivity index (χ1n) is 10.5. The summed E-state index contributed by atoms with van der Waals surface area (Å²) < 4.78 is 44.9. The van der Waals surface area contributed by atoms with Crippen LogP contribution in [0.1, 0.15) is 32.1 Å². The molecule has 0 atom stereocenters. The van der Waals surface area contributed by atoms with Crippen LogP contribution in [0.5, 0.6) is 5.75 Å². The van der Waals surface area contributed by atoms with Crippen LogP contribution in [0.15, 0.2) is 77.7 Å². The monoisotopic (exact) mass is 499 g/mol. The zero-order chi connectivity index (χ0) is 25.0. The summed E-state index contributed by atoms with van der Waals surface area (Å²) >= 11 is 1.10. The average molecular weight is 500 g/mol. The maximum Gasteiger partial charge on any atom is 0.416 e. The minimum absolute atomic E-state index is 0.00366. The van der Waals surface area contributed by atoms with E-state index in [0.717, 1.165) is 29.0 Å². The number of hydrogen-bond acceptors (Lipinski definition) is 5. The van der Waals surface area contributed by atoms with Gasteiger partial charge in [-0.2, -0.15) is 13.2 Å². The van der Waals surface area contributed by atoms with E-state index in [2.05, 4.69) is 10.3 Å². The fourth-order valence-electron chi connectivity index (χ4n) is 3.22. The van der Waals surface area contributed by atoms with Gasteiger partial charge in [-0.3, -0.25) is 14.2 Å². The van der Waals surface area contributed by atoms with Crippen molar-refractivity contribution in [2.45, 2.75) is 26.3 Å². The number of ether oxygens (including phenoxy) is 1. The molecule has 1 N–H and O–H groups in total. The minimum Gasteiger partial charge on any atom is -0.489 e. The Bertz CT molecular complexity index is 1380. The van der Waals surface area contributed by atoms with E-state index in [1.54, 1.807) is 13.0 Å². The Hall–Kier alpha value is -3.92. The summed E-state index contributed by atoms with van der Waals surface area (Å²) in [6.45, 7) is 2.07. The first-order chi connectivity index (χ1) is 16.7. The van der Waals surface area contributed by atoms with Gasteiger partial charge in [0.15, 0.2) is 5.13 Å². The van der Waals surface area contributed by atoms with Gasteiger partial charge in [0.2, 0.25) is 0 Å². The second-order valence-electron chi connectivity index (χ2n) is 7.63. The molecule has 35 heavy (non-hydrogen) atoms. The van der Waals surface area contributed by atoms with Gasteiger partial charge >= 0.3 is 6.18 Å². The van der Waals surface area contributed by atoms with Gasteiger partial charge in [-0.05, 0) is 36.2 Å². The lowest BCUT2D eigenvalue weighted by atomic mass is 10.1. The van der Waals surface area contributed by atoms with Crippen molar-refractivity contribution in [3.8, 4) is 10.9 Å². The summed E-state index contributed by atoms with van der Waals surface area (Å²) in [4.78, 5) is 30.0. The van der Waals surface area contributed by atoms with Crippen LogP contribution in [0, 0.1) is 6.92 Å². The number of nitrogens with one attached hydrogen (secondary N) is 1. The number of thiazole rings is 1. The molecule has 0 aliphatic carbocycles. The standard InChI is InChI=1S/C25H20F3N3O3S/c1-16-22(23(33)29-14-17-5-3-2-4-6-17)35-24(30-16)31-12-11-20(13-21(31)32)34-15-18-7-9-19(10-8-18)25(26,27)28/h2-13H,14-15H2,1H3,(H,29,33). The molecule has 1 amide bonds. The summed E-state index contributed by atoms with van der Waals surface area (Å²) in [5.74, 6) is -0.0140. The molecule has 0 unspecified atom stereocenters. The molecule has 180 valence electrons. The molecule has 0 radical (unpaired) electrons. The first-order valence-corrected chi connectivity index (χ1v) is 11.3. The second kappa shape index (κ2) is 10.1. The Morgan fingerprint density at radius 3 is 2.43 bits per heavy atom. The largest absolute Gasteiger partial charge is 0.489 e. The van der Waals surface area contributed by atoms with Crippen LogP contribution in [-0.4, -0.2) is 15.5 Å². The molecular formula is C25H20F3N3O3S. The topological polar surface area (TPSA) is 73.2 Å². The molecule has 0 spiro atoms. The predicted octanol–water partition coefficient (Wildman–Crippen LogP) is 5.13. The van der Waals surface area contributed by atoms with Crippen LogP contribution in [-0.2, 0) is 19.3 Å². The number of nitrogens with zero attached hydrogens (tertiary/aromatic N) is 2. The molecule has 2 aromatic carbocycles.